The topological polar surface area (TPSA) is 30.5 Å². The average Bonchev–Trinajstić information content (AvgIpc) is 2.56. The van der Waals surface area contributed by atoms with Gasteiger partial charge in [0.05, 0.1) is 18.2 Å². The first-order valence-corrected chi connectivity index (χ1v) is 11.5. The van der Waals surface area contributed by atoms with Crippen LogP contribution in [-0.2, 0) is 6.54 Å². The van der Waals surface area contributed by atoms with Gasteiger partial charge in [0.1, 0.15) is 0 Å². The van der Waals surface area contributed by atoms with Gasteiger partial charge >= 0.3 is 0 Å². The van der Waals surface area contributed by atoms with Crippen LogP contribution in [0.3, 0.4) is 0 Å². The minimum absolute atomic E-state index is 0.290. The summed E-state index contributed by atoms with van der Waals surface area (Å²) in [5.41, 5.74) is 2.52. The largest absolute Gasteiger partial charge is 0.490 e. The number of rotatable bonds is 8. The van der Waals surface area contributed by atoms with E-state index in [4.69, 9.17) is 21.1 Å². The molecular formula is C24H36ClNO2. The molecule has 1 N–H and O–H groups in total. The van der Waals surface area contributed by atoms with Crippen molar-refractivity contribution in [3.63, 3.8) is 0 Å². The number of nitrogens with one attached hydrogen (secondary N) is 1. The van der Waals surface area contributed by atoms with Crippen LogP contribution in [0, 0.1) is 16.7 Å². The Morgan fingerprint density at radius 3 is 2.36 bits per heavy atom. The molecule has 5 rings (SSSR count). The van der Waals surface area contributed by atoms with Crippen LogP contribution in [0.5, 0.6) is 11.5 Å². The van der Waals surface area contributed by atoms with E-state index >= 15 is 0 Å². The van der Waals surface area contributed by atoms with Gasteiger partial charge in [-0.05, 0) is 86.3 Å². The van der Waals surface area contributed by atoms with Crippen LogP contribution < -0.4 is 14.8 Å². The standard InChI is InChI=1S/C24H36ClNO2/c1-5-7-28-21-19(25)8-17(9-20(21)27-6-2)13-26-24-12-18-10-22(3,15-24)14-23(4,11-18)16-24/h8-9,18,26H,5-7,10-16H2,1-4H3/t18?,22-,23+,24?. The zero-order valence-corrected chi connectivity index (χ0v) is 18.8. The molecule has 3 nitrogen and oxygen atoms in total. The summed E-state index contributed by atoms with van der Waals surface area (Å²) in [6, 6.07) is 4.16. The van der Waals surface area contributed by atoms with Crippen molar-refractivity contribution in [1.29, 1.82) is 0 Å². The second-order valence-corrected chi connectivity index (χ2v) is 10.9. The molecule has 4 fully saturated rings. The van der Waals surface area contributed by atoms with Gasteiger partial charge in [-0.1, -0.05) is 32.4 Å². The fourth-order valence-electron chi connectivity index (χ4n) is 7.26. The van der Waals surface area contributed by atoms with Gasteiger partial charge in [-0.3, -0.25) is 0 Å². The number of ether oxygens (including phenoxy) is 2. The van der Waals surface area contributed by atoms with Gasteiger partial charge < -0.3 is 14.8 Å². The maximum atomic E-state index is 6.57. The zero-order chi connectivity index (χ0) is 20.0. The highest BCUT2D eigenvalue weighted by Gasteiger charge is 2.59. The highest BCUT2D eigenvalue weighted by molar-refractivity contribution is 6.32. The predicted molar refractivity (Wildman–Crippen MR) is 115 cm³/mol. The van der Waals surface area contributed by atoms with E-state index in [1.807, 2.05) is 13.0 Å². The van der Waals surface area contributed by atoms with Crippen molar-refractivity contribution in [3.05, 3.63) is 22.7 Å². The fourth-order valence-corrected chi connectivity index (χ4v) is 7.55. The molecule has 156 valence electrons. The lowest BCUT2D eigenvalue weighted by molar-refractivity contribution is -0.118. The van der Waals surface area contributed by atoms with Crippen LogP contribution in [0.4, 0.5) is 0 Å². The van der Waals surface area contributed by atoms with Crippen molar-refractivity contribution in [2.45, 2.75) is 84.7 Å². The summed E-state index contributed by atoms with van der Waals surface area (Å²) in [6.45, 7) is 11.2. The maximum absolute atomic E-state index is 6.57. The van der Waals surface area contributed by atoms with E-state index in [2.05, 4.69) is 32.2 Å². The van der Waals surface area contributed by atoms with Crippen molar-refractivity contribution in [2.75, 3.05) is 13.2 Å². The molecule has 0 amide bonds. The molecule has 1 aromatic rings. The molecule has 0 saturated heterocycles. The molecule has 0 spiro atoms. The van der Waals surface area contributed by atoms with Crippen LogP contribution >= 0.6 is 11.6 Å². The molecular weight excluding hydrogens is 370 g/mol. The van der Waals surface area contributed by atoms with Gasteiger partial charge in [-0.25, -0.2) is 0 Å². The SMILES string of the molecule is CCCOc1c(Cl)cc(CNC23CC4C[C@@](C)(C2)C[C@](C)(C4)C3)cc1OCC. The van der Waals surface area contributed by atoms with E-state index in [0.717, 1.165) is 24.6 Å². The first-order chi connectivity index (χ1) is 13.3. The second-order valence-electron chi connectivity index (χ2n) is 10.5. The molecule has 2 unspecified atom stereocenters. The van der Waals surface area contributed by atoms with Gasteiger partial charge in [0.15, 0.2) is 11.5 Å². The quantitative estimate of drug-likeness (QED) is 0.545. The van der Waals surface area contributed by atoms with E-state index < -0.39 is 0 Å². The Kier molecular flexibility index (Phi) is 5.37. The third kappa shape index (κ3) is 3.89. The first kappa shape index (κ1) is 20.3. The monoisotopic (exact) mass is 405 g/mol. The Morgan fingerprint density at radius 2 is 1.75 bits per heavy atom. The highest BCUT2D eigenvalue weighted by Crippen LogP contribution is 2.66. The number of hydrogen-bond acceptors (Lipinski definition) is 3. The number of hydrogen-bond donors (Lipinski definition) is 1. The van der Waals surface area contributed by atoms with Crippen molar-refractivity contribution < 1.29 is 9.47 Å². The molecule has 4 aliphatic carbocycles. The Hall–Kier alpha value is -0.930. The van der Waals surface area contributed by atoms with Gasteiger partial charge in [-0.2, -0.15) is 0 Å². The smallest absolute Gasteiger partial charge is 0.179 e. The van der Waals surface area contributed by atoms with Gasteiger partial charge in [0.2, 0.25) is 0 Å². The fraction of sp³-hybridized carbons (Fsp3) is 0.750. The summed E-state index contributed by atoms with van der Waals surface area (Å²) < 4.78 is 11.7. The average molecular weight is 406 g/mol. The summed E-state index contributed by atoms with van der Waals surface area (Å²) >= 11 is 6.57. The summed E-state index contributed by atoms with van der Waals surface area (Å²) in [5.74, 6) is 2.35. The molecule has 1 aromatic carbocycles. The third-order valence-electron chi connectivity index (χ3n) is 7.11. The molecule has 0 radical (unpaired) electrons. The molecule has 28 heavy (non-hydrogen) atoms. The van der Waals surface area contributed by atoms with Gasteiger partial charge in [0.25, 0.3) is 0 Å². The van der Waals surface area contributed by atoms with Crippen LogP contribution in [-0.4, -0.2) is 18.8 Å². The second kappa shape index (κ2) is 7.40. The normalized spacial score (nSPS) is 36.0. The predicted octanol–water partition coefficient (Wildman–Crippen LogP) is 6.37. The molecule has 0 aromatic heterocycles. The van der Waals surface area contributed by atoms with Crippen LogP contribution in [0.25, 0.3) is 0 Å². The lowest BCUT2D eigenvalue weighted by Gasteiger charge is -2.65. The van der Waals surface area contributed by atoms with E-state index in [0.29, 0.717) is 40.4 Å². The minimum atomic E-state index is 0.290. The summed E-state index contributed by atoms with van der Waals surface area (Å²) in [5, 5.41) is 4.65. The molecule has 0 aliphatic heterocycles. The van der Waals surface area contributed by atoms with Crippen molar-refractivity contribution >= 4 is 11.6 Å². The molecule has 4 heteroatoms. The van der Waals surface area contributed by atoms with E-state index in [1.54, 1.807) is 0 Å². The molecule has 4 atom stereocenters. The lowest BCUT2D eigenvalue weighted by atomic mass is 9.43. The lowest BCUT2D eigenvalue weighted by Crippen LogP contribution is -2.63. The van der Waals surface area contributed by atoms with Gasteiger partial charge in [0, 0.05) is 12.1 Å². The van der Waals surface area contributed by atoms with E-state index in [9.17, 15) is 0 Å². The van der Waals surface area contributed by atoms with Crippen LogP contribution in [0.15, 0.2) is 12.1 Å². The van der Waals surface area contributed by atoms with Gasteiger partial charge in [-0.15, -0.1) is 0 Å². The van der Waals surface area contributed by atoms with Crippen molar-refractivity contribution in [1.82, 2.24) is 5.32 Å². The molecule has 0 heterocycles. The zero-order valence-electron chi connectivity index (χ0n) is 18.0. The first-order valence-electron chi connectivity index (χ1n) is 11.1. The van der Waals surface area contributed by atoms with E-state index in [1.165, 1.54) is 44.1 Å². The molecule has 4 aliphatic rings. The number of benzene rings is 1. The third-order valence-corrected chi connectivity index (χ3v) is 7.39. The summed E-state index contributed by atoms with van der Waals surface area (Å²) in [7, 11) is 0. The minimum Gasteiger partial charge on any atom is -0.490 e. The van der Waals surface area contributed by atoms with Crippen LogP contribution in [0.2, 0.25) is 5.02 Å². The Balaban J connectivity index is 1.52. The van der Waals surface area contributed by atoms with Crippen LogP contribution in [0.1, 0.15) is 78.2 Å². The summed E-state index contributed by atoms with van der Waals surface area (Å²) in [6.07, 6.45) is 9.18. The Bertz CT molecular complexity index is 716. The Labute approximate surface area is 175 Å². The van der Waals surface area contributed by atoms with Crippen molar-refractivity contribution in [2.24, 2.45) is 16.7 Å². The highest BCUT2D eigenvalue weighted by atomic mass is 35.5. The molecule has 4 saturated carbocycles. The van der Waals surface area contributed by atoms with Crippen molar-refractivity contribution in [3.8, 4) is 11.5 Å². The summed E-state index contributed by atoms with van der Waals surface area (Å²) in [4.78, 5) is 0. The Morgan fingerprint density at radius 1 is 1.04 bits per heavy atom. The molecule has 4 bridgehead atoms. The number of halogens is 1. The van der Waals surface area contributed by atoms with E-state index in [-0.39, 0.29) is 0 Å². The maximum Gasteiger partial charge on any atom is 0.179 e.